The van der Waals surface area contributed by atoms with Crippen LogP contribution in [0.4, 0.5) is 4.79 Å². The molecule has 0 saturated heterocycles. The molecule has 0 bridgehead atoms. The minimum absolute atomic E-state index is 0.123. The van der Waals surface area contributed by atoms with Crippen molar-refractivity contribution in [1.29, 1.82) is 0 Å². The highest BCUT2D eigenvalue weighted by Crippen LogP contribution is 2.13. The number of carbonyl (C=O) groups excluding carboxylic acids is 1. The highest BCUT2D eigenvalue weighted by atomic mass is 16.5. The van der Waals surface area contributed by atoms with Crippen LogP contribution in [0.2, 0.25) is 0 Å². The van der Waals surface area contributed by atoms with Crippen molar-refractivity contribution in [2.24, 2.45) is 5.92 Å². The molecule has 1 aromatic carbocycles. The zero-order valence-electron chi connectivity index (χ0n) is 12.0. The van der Waals surface area contributed by atoms with Crippen LogP contribution >= 0.6 is 0 Å². The highest BCUT2D eigenvalue weighted by Gasteiger charge is 2.00. The van der Waals surface area contributed by atoms with E-state index < -0.39 is 0 Å². The van der Waals surface area contributed by atoms with Crippen molar-refractivity contribution in [3.63, 3.8) is 0 Å². The maximum Gasteiger partial charge on any atom is 0.315 e. The van der Waals surface area contributed by atoms with Gasteiger partial charge in [-0.3, -0.25) is 0 Å². The summed E-state index contributed by atoms with van der Waals surface area (Å²) >= 11 is 0. The van der Waals surface area contributed by atoms with E-state index in [0.717, 1.165) is 24.3 Å². The van der Waals surface area contributed by atoms with Gasteiger partial charge in [0.1, 0.15) is 5.75 Å². The Kier molecular flexibility index (Phi) is 6.79. The van der Waals surface area contributed by atoms with Gasteiger partial charge in [-0.2, -0.15) is 0 Å². The highest BCUT2D eigenvalue weighted by molar-refractivity contribution is 5.73. The van der Waals surface area contributed by atoms with Crippen molar-refractivity contribution < 1.29 is 9.53 Å². The van der Waals surface area contributed by atoms with Crippen LogP contribution < -0.4 is 15.4 Å². The van der Waals surface area contributed by atoms with E-state index in [1.54, 1.807) is 0 Å². The Bertz CT molecular complexity index is 374. The molecular formula is C15H24N2O2. The first kappa shape index (κ1) is 15.3. The van der Waals surface area contributed by atoms with Gasteiger partial charge in [-0.25, -0.2) is 4.79 Å². The molecule has 0 aromatic heterocycles. The molecule has 106 valence electrons. The molecule has 2 amide bonds. The van der Waals surface area contributed by atoms with Gasteiger partial charge in [-0.15, -0.1) is 0 Å². The Morgan fingerprint density at radius 3 is 2.47 bits per heavy atom. The number of rotatable bonds is 7. The smallest absolute Gasteiger partial charge is 0.315 e. The van der Waals surface area contributed by atoms with Crippen molar-refractivity contribution in [3.05, 3.63) is 29.8 Å². The fourth-order valence-electron chi connectivity index (χ4n) is 1.45. The molecule has 0 spiro atoms. The summed E-state index contributed by atoms with van der Waals surface area (Å²) in [6.07, 6.45) is 0.940. The van der Waals surface area contributed by atoms with Crippen molar-refractivity contribution >= 4 is 6.03 Å². The van der Waals surface area contributed by atoms with Crippen LogP contribution in [0.15, 0.2) is 24.3 Å². The van der Waals surface area contributed by atoms with Gasteiger partial charge < -0.3 is 15.4 Å². The van der Waals surface area contributed by atoms with Gasteiger partial charge >= 0.3 is 6.03 Å². The Morgan fingerprint density at radius 2 is 1.89 bits per heavy atom. The molecule has 4 nitrogen and oxygen atoms in total. The van der Waals surface area contributed by atoms with E-state index in [1.165, 1.54) is 0 Å². The first-order chi connectivity index (χ1) is 9.11. The molecular weight excluding hydrogens is 240 g/mol. The topological polar surface area (TPSA) is 50.4 Å². The largest absolute Gasteiger partial charge is 0.493 e. The van der Waals surface area contributed by atoms with Gasteiger partial charge in [-0.05, 0) is 30.0 Å². The molecule has 0 heterocycles. The lowest BCUT2D eigenvalue weighted by Crippen LogP contribution is -2.35. The molecule has 1 rings (SSSR count). The minimum Gasteiger partial charge on any atom is -0.493 e. The van der Waals surface area contributed by atoms with Crippen LogP contribution in [0.5, 0.6) is 5.75 Å². The lowest BCUT2D eigenvalue weighted by Gasteiger charge is -2.10. The van der Waals surface area contributed by atoms with Crippen LogP contribution in [-0.4, -0.2) is 19.2 Å². The second-order valence-corrected chi connectivity index (χ2v) is 4.96. The summed E-state index contributed by atoms with van der Waals surface area (Å²) < 4.78 is 5.60. The molecule has 0 aliphatic carbocycles. The summed E-state index contributed by atoms with van der Waals surface area (Å²) in [5, 5.41) is 5.58. The molecule has 0 aliphatic rings. The van der Waals surface area contributed by atoms with Crippen LogP contribution in [-0.2, 0) is 6.54 Å². The van der Waals surface area contributed by atoms with Crippen molar-refractivity contribution in [2.75, 3.05) is 13.2 Å². The summed E-state index contributed by atoms with van der Waals surface area (Å²) in [5.41, 5.74) is 1.06. The van der Waals surface area contributed by atoms with Gasteiger partial charge in [0, 0.05) is 13.1 Å². The number of hydrogen-bond donors (Lipinski definition) is 2. The summed E-state index contributed by atoms with van der Waals surface area (Å²) in [6.45, 7) is 8.21. The molecule has 0 saturated carbocycles. The molecule has 2 N–H and O–H groups in total. The minimum atomic E-state index is -0.123. The number of carbonyl (C=O) groups is 1. The normalized spacial score (nSPS) is 10.3. The quantitative estimate of drug-likeness (QED) is 0.795. The van der Waals surface area contributed by atoms with E-state index in [4.69, 9.17) is 4.74 Å². The third-order valence-corrected chi connectivity index (χ3v) is 2.50. The molecule has 19 heavy (non-hydrogen) atoms. The predicted octanol–water partition coefficient (Wildman–Crippen LogP) is 2.93. The SMILES string of the molecule is CCCNC(=O)NCc1ccc(OCC(C)C)cc1. The maximum absolute atomic E-state index is 11.4. The third kappa shape index (κ3) is 6.70. The molecule has 0 unspecified atom stereocenters. The van der Waals surface area contributed by atoms with Gasteiger partial charge in [-0.1, -0.05) is 32.9 Å². The molecule has 0 radical (unpaired) electrons. The monoisotopic (exact) mass is 264 g/mol. The number of ether oxygens (including phenoxy) is 1. The number of hydrogen-bond acceptors (Lipinski definition) is 2. The van der Waals surface area contributed by atoms with E-state index in [-0.39, 0.29) is 6.03 Å². The van der Waals surface area contributed by atoms with Crippen molar-refractivity contribution in [1.82, 2.24) is 10.6 Å². The van der Waals surface area contributed by atoms with E-state index in [1.807, 2.05) is 31.2 Å². The fourth-order valence-corrected chi connectivity index (χ4v) is 1.45. The number of benzene rings is 1. The standard InChI is InChI=1S/C15H24N2O2/c1-4-9-16-15(18)17-10-13-5-7-14(8-6-13)19-11-12(2)3/h5-8,12H,4,9-11H2,1-3H3,(H2,16,17,18). The van der Waals surface area contributed by atoms with Crippen molar-refractivity contribution in [2.45, 2.75) is 33.7 Å². The Balaban J connectivity index is 2.33. The maximum atomic E-state index is 11.4. The molecule has 0 fully saturated rings. The van der Waals surface area contributed by atoms with Crippen LogP contribution in [0.1, 0.15) is 32.8 Å². The van der Waals surface area contributed by atoms with Crippen LogP contribution in [0.3, 0.4) is 0 Å². The average Bonchev–Trinajstić information content (AvgIpc) is 2.41. The number of nitrogens with one attached hydrogen (secondary N) is 2. The first-order valence-corrected chi connectivity index (χ1v) is 6.85. The molecule has 0 atom stereocenters. The van der Waals surface area contributed by atoms with Gasteiger partial charge in [0.15, 0.2) is 0 Å². The Morgan fingerprint density at radius 1 is 1.21 bits per heavy atom. The summed E-state index contributed by atoms with van der Waals surface area (Å²) in [4.78, 5) is 11.4. The third-order valence-electron chi connectivity index (χ3n) is 2.50. The first-order valence-electron chi connectivity index (χ1n) is 6.85. The summed E-state index contributed by atoms with van der Waals surface area (Å²) in [6, 6.07) is 7.68. The zero-order valence-corrected chi connectivity index (χ0v) is 12.0. The van der Waals surface area contributed by atoms with Gasteiger partial charge in [0.05, 0.1) is 6.61 Å². The van der Waals surface area contributed by atoms with Gasteiger partial charge in [0.2, 0.25) is 0 Å². The lowest BCUT2D eigenvalue weighted by atomic mass is 10.2. The number of urea groups is 1. The Hall–Kier alpha value is -1.71. The second-order valence-electron chi connectivity index (χ2n) is 4.96. The average molecular weight is 264 g/mol. The Labute approximate surface area is 115 Å². The zero-order chi connectivity index (χ0) is 14.1. The molecule has 1 aromatic rings. The fraction of sp³-hybridized carbons (Fsp3) is 0.533. The second kappa shape index (κ2) is 8.40. The summed E-state index contributed by atoms with van der Waals surface area (Å²) in [5.74, 6) is 1.39. The van der Waals surface area contributed by atoms with E-state index >= 15 is 0 Å². The lowest BCUT2D eigenvalue weighted by molar-refractivity contribution is 0.240. The van der Waals surface area contributed by atoms with Crippen molar-refractivity contribution in [3.8, 4) is 5.75 Å². The van der Waals surface area contributed by atoms with E-state index in [2.05, 4.69) is 24.5 Å². The molecule has 0 aliphatic heterocycles. The van der Waals surface area contributed by atoms with Crippen LogP contribution in [0, 0.1) is 5.92 Å². The summed E-state index contributed by atoms with van der Waals surface area (Å²) in [7, 11) is 0. The van der Waals surface area contributed by atoms with Gasteiger partial charge in [0.25, 0.3) is 0 Å². The van der Waals surface area contributed by atoms with Crippen LogP contribution in [0.25, 0.3) is 0 Å². The van der Waals surface area contributed by atoms with E-state index in [0.29, 0.717) is 19.0 Å². The molecule has 4 heteroatoms. The van der Waals surface area contributed by atoms with E-state index in [9.17, 15) is 4.79 Å². The predicted molar refractivity (Wildman–Crippen MR) is 77.3 cm³/mol. The number of amides is 2.